The third-order valence-corrected chi connectivity index (χ3v) is 5.72. The average Bonchev–Trinajstić information content (AvgIpc) is 2.84. The normalized spacial score (nSPS) is 21.0. The van der Waals surface area contributed by atoms with Crippen molar-refractivity contribution in [2.75, 3.05) is 24.7 Å². The largest absolute Gasteiger partial charge is 0.454 e. The second kappa shape index (κ2) is 7.81. The van der Waals surface area contributed by atoms with Crippen LogP contribution in [-0.4, -0.2) is 56.4 Å². The second-order valence-electron chi connectivity index (χ2n) is 6.27. The second-order valence-corrected chi connectivity index (χ2v) is 8.46. The molecule has 0 saturated carbocycles. The first kappa shape index (κ1) is 19.8. The summed E-state index contributed by atoms with van der Waals surface area (Å²) < 4.78 is 41.1. The Morgan fingerprint density at radius 3 is 2.58 bits per heavy atom. The fraction of sp³-hybridized carbons (Fsp3) is 0.438. The molecule has 2 amide bonds. The summed E-state index contributed by atoms with van der Waals surface area (Å²) in [5.74, 6) is -3.21. The molecule has 1 heterocycles. The molecule has 2 rings (SSSR count). The number of hydrogen-bond donors (Lipinski definition) is 2. The summed E-state index contributed by atoms with van der Waals surface area (Å²) in [4.78, 5) is 35.1. The fourth-order valence-electron chi connectivity index (χ4n) is 2.57. The molecule has 1 saturated heterocycles. The molecule has 8 nitrogen and oxygen atoms in total. The highest BCUT2D eigenvalue weighted by molar-refractivity contribution is 7.91. The maximum atomic E-state index is 13.4. The summed E-state index contributed by atoms with van der Waals surface area (Å²) in [7, 11) is -3.18. The lowest BCUT2D eigenvalue weighted by Crippen LogP contribution is -2.48. The summed E-state index contributed by atoms with van der Waals surface area (Å²) in [6.45, 7) is 0.460. The Kier molecular flexibility index (Phi) is 5.96. The van der Waals surface area contributed by atoms with E-state index in [1.807, 2.05) is 0 Å². The Morgan fingerprint density at radius 2 is 1.96 bits per heavy atom. The standard InChI is InChI=1S/C16H19FN2O6S/c1-16(6-7-26(23,24)10-16)19-13(20)9-25-14(21)8-18-15(22)11-4-2-3-5-12(11)17/h2-5H,6-10H2,1H3,(H,18,22)(H,19,20)/t16-/m1/s1. The van der Waals surface area contributed by atoms with Crippen LogP contribution < -0.4 is 10.6 Å². The van der Waals surface area contributed by atoms with Crippen molar-refractivity contribution in [3.05, 3.63) is 35.6 Å². The van der Waals surface area contributed by atoms with Gasteiger partial charge in [0.1, 0.15) is 12.4 Å². The maximum Gasteiger partial charge on any atom is 0.325 e. The van der Waals surface area contributed by atoms with Gasteiger partial charge in [-0.25, -0.2) is 12.8 Å². The average molecular weight is 386 g/mol. The number of hydrogen-bond acceptors (Lipinski definition) is 6. The number of amides is 2. The van der Waals surface area contributed by atoms with E-state index in [0.29, 0.717) is 0 Å². The Balaban J connectivity index is 1.74. The lowest BCUT2D eigenvalue weighted by atomic mass is 10.0. The van der Waals surface area contributed by atoms with Gasteiger partial charge in [-0.15, -0.1) is 0 Å². The number of sulfone groups is 1. The summed E-state index contributed by atoms with van der Waals surface area (Å²) >= 11 is 0. The molecule has 0 aliphatic carbocycles. The summed E-state index contributed by atoms with van der Waals surface area (Å²) in [5.41, 5.74) is -1.10. The van der Waals surface area contributed by atoms with Crippen LogP contribution in [0.25, 0.3) is 0 Å². The molecule has 0 spiro atoms. The van der Waals surface area contributed by atoms with Gasteiger partial charge >= 0.3 is 5.97 Å². The van der Waals surface area contributed by atoms with Crippen LogP contribution >= 0.6 is 0 Å². The van der Waals surface area contributed by atoms with Crippen molar-refractivity contribution in [2.24, 2.45) is 0 Å². The lowest BCUT2D eigenvalue weighted by Gasteiger charge is -2.23. The Hall–Kier alpha value is -2.49. The summed E-state index contributed by atoms with van der Waals surface area (Å²) in [5, 5.41) is 4.72. The van der Waals surface area contributed by atoms with E-state index in [2.05, 4.69) is 10.6 Å². The first-order chi connectivity index (χ1) is 12.1. The highest BCUT2D eigenvalue weighted by Crippen LogP contribution is 2.22. The number of nitrogens with one attached hydrogen (secondary N) is 2. The Labute approximate surface area is 150 Å². The van der Waals surface area contributed by atoms with Gasteiger partial charge in [0, 0.05) is 0 Å². The zero-order valence-corrected chi connectivity index (χ0v) is 14.9. The van der Waals surface area contributed by atoms with Gasteiger partial charge in [-0.1, -0.05) is 12.1 Å². The van der Waals surface area contributed by atoms with E-state index in [1.54, 1.807) is 6.92 Å². The van der Waals surface area contributed by atoms with Crippen LogP contribution in [0.4, 0.5) is 4.39 Å². The van der Waals surface area contributed by atoms with E-state index in [4.69, 9.17) is 4.74 Å². The lowest BCUT2D eigenvalue weighted by molar-refractivity contribution is -0.147. The van der Waals surface area contributed by atoms with Crippen LogP contribution in [0, 0.1) is 5.82 Å². The van der Waals surface area contributed by atoms with E-state index in [9.17, 15) is 27.2 Å². The van der Waals surface area contributed by atoms with Gasteiger partial charge in [-0.05, 0) is 25.5 Å². The number of carbonyl (C=O) groups excluding carboxylic acids is 3. The number of ether oxygens (including phenoxy) is 1. The van der Waals surface area contributed by atoms with Crippen molar-refractivity contribution >= 4 is 27.6 Å². The summed E-state index contributed by atoms with van der Waals surface area (Å²) in [6.07, 6.45) is 0.285. The van der Waals surface area contributed by atoms with Crippen LogP contribution in [0.5, 0.6) is 0 Å². The van der Waals surface area contributed by atoms with Gasteiger partial charge in [0.15, 0.2) is 16.4 Å². The SMILES string of the molecule is C[C@@]1(NC(=O)COC(=O)CNC(=O)c2ccccc2F)CCS(=O)(=O)C1. The molecular weight excluding hydrogens is 367 g/mol. The van der Waals surface area contributed by atoms with Gasteiger partial charge in [-0.3, -0.25) is 14.4 Å². The molecule has 1 aromatic rings. The molecule has 0 unspecified atom stereocenters. The molecule has 0 aromatic heterocycles. The predicted octanol–water partition coefficient (Wildman–Crippen LogP) is -0.208. The maximum absolute atomic E-state index is 13.4. The Morgan fingerprint density at radius 1 is 1.27 bits per heavy atom. The van der Waals surface area contributed by atoms with Crippen molar-refractivity contribution in [2.45, 2.75) is 18.9 Å². The number of benzene rings is 1. The van der Waals surface area contributed by atoms with Crippen LogP contribution in [0.2, 0.25) is 0 Å². The van der Waals surface area contributed by atoms with Crippen molar-refractivity contribution in [3.63, 3.8) is 0 Å². The van der Waals surface area contributed by atoms with E-state index in [0.717, 1.165) is 6.07 Å². The molecule has 0 radical (unpaired) electrons. The monoisotopic (exact) mass is 386 g/mol. The van der Waals surface area contributed by atoms with E-state index >= 15 is 0 Å². The van der Waals surface area contributed by atoms with Crippen LogP contribution in [0.15, 0.2) is 24.3 Å². The number of esters is 1. The van der Waals surface area contributed by atoms with Gasteiger partial charge in [0.25, 0.3) is 11.8 Å². The molecule has 1 aliphatic rings. The minimum absolute atomic E-state index is 0.00829. The van der Waals surface area contributed by atoms with E-state index in [1.165, 1.54) is 18.2 Å². The molecule has 26 heavy (non-hydrogen) atoms. The molecule has 2 N–H and O–H groups in total. The van der Waals surface area contributed by atoms with Gasteiger partial charge in [-0.2, -0.15) is 0 Å². The predicted molar refractivity (Wildman–Crippen MR) is 89.5 cm³/mol. The first-order valence-electron chi connectivity index (χ1n) is 7.80. The van der Waals surface area contributed by atoms with E-state index < -0.39 is 52.1 Å². The highest BCUT2D eigenvalue weighted by atomic mass is 32.2. The quantitative estimate of drug-likeness (QED) is 0.653. The Bertz CT molecular complexity index is 826. The first-order valence-corrected chi connectivity index (χ1v) is 9.62. The van der Waals surface area contributed by atoms with Crippen molar-refractivity contribution in [3.8, 4) is 0 Å². The fourth-order valence-corrected chi connectivity index (χ4v) is 4.66. The molecule has 1 aromatic carbocycles. The van der Waals surface area contributed by atoms with Crippen LogP contribution in [0.3, 0.4) is 0 Å². The van der Waals surface area contributed by atoms with Crippen molar-refractivity contribution < 1.29 is 31.9 Å². The van der Waals surface area contributed by atoms with E-state index in [-0.39, 0.29) is 23.5 Å². The molecule has 10 heteroatoms. The minimum Gasteiger partial charge on any atom is -0.454 e. The molecule has 142 valence electrons. The summed E-state index contributed by atoms with van der Waals surface area (Å²) in [6, 6.07) is 5.28. The van der Waals surface area contributed by atoms with Gasteiger partial charge in [0.05, 0.1) is 22.6 Å². The smallest absolute Gasteiger partial charge is 0.325 e. The molecule has 1 aliphatic heterocycles. The number of carbonyl (C=O) groups is 3. The van der Waals surface area contributed by atoms with Crippen LogP contribution in [0.1, 0.15) is 23.7 Å². The molecule has 1 atom stereocenters. The zero-order chi connectivity index (χ0) is 19.4. The molecule has 1 fully saturated rings. The van der Waals surface area contributed by atoms with Crippen molar-refractivity contribution in [1.29, 1.82) is 0 Å². The molecule has 0 bridgehead atoms. The van der Waals surface area contributed by atoms with Crippen LogP contribution in [-0.2, 0) is 24.2 Å². The molecular formula is C16H19FN2O6S. The third kappa shape index (κ3) is 5.51. The highest BCUT2D eigenvalue weighted by Gasteiger charge is 2.39. The van der Waals surface area contributed by atoms with Gasteiger partial charge in [0.2, 0.25) is 0 Å². The zero-order valence-electron chi connectivity index (χ0n) is 14.1. The number of halogens is 1. The third-order valence-electron chi connectivity index (χ3n) is 3.82. The topological polar surface area (TPSA) is 119 Å². The number of rotatable bonds is 6. The minimum atomic E-state index is -3.18. The van der Waals surface area contributed by atoms with Gasteiger partial charge < -0.3 is 15.4 Å². The van der Waals surface area contributed by atoms with Crippen molar-refractivity contribution in [1.82, 2.24) is 10.6 Å².